The minimum absolute atomic E-state index is 0. The second-order valence-electron chi connectivity index (χ2n) is 2.61. The van der Waals surface area contributed by atoms with Gasteiger partial charge in [-0.2, -0.15) is 0 Å². The molecular weight excluding hydrogens is 264 g/mol. The zero-order valence-corrected chi connectivity index (χ0v) is 12.5. The number of nitrogens with one attached hydrogen (secondary N) is 1. The average Bonchev–Trinajstić information content (AvgIpc) is 2.18. The van der Waals surface area contributed by atoms with Gasteiger partial charge in [0.15, 0.2) is 0 Å². The van der Waals surface area contributed by atoms with E-state index in [2.05, 4.69) is 4.52 Å². The number of hydrogen-bond acceptors (Lipinski definition) is 4. The van der Waals surface area contributed by atoms with Crippen molar-refractivity contribution >= 4 is 47.3 Å². The largest absolute Gasteiger partial charge is 0.416 e. The van der Waals surface area contributed by atoms with Crippen molar-refractivity contribution in [3.8, 4) is 0 Å². The van der Waals surface area contributed by atoms with Gasteiger partial charge in [0.25, 0.3) is 0 Å². The summed E-state index contributed by atoms with van der Waals surface area (Å²) in [5, 5.41) is 0. The number of sulfonamides is 1. The minimum Gasteiger partial charge on any atom is -0.312 e. The molecule has 85 valence electrons. The van der Waals surface area contributed by atoms with Crippen LogP contribution in [0.2, 0.25) is 0 Å². The summed E-state index contributed by atoms with van der Waals surface area (Å²) in [6, 6.07) is 7.25. The van der Waals surface area contributed by atoms with Crippen LogP contribution in [0.4, 0.5) is 0 Å². The first-order valence-electron chi connectivity index (χ1n) is 3.85. The van der Waals surface area contributed by atoms with Gasteiger partial charge in [-0.05, 0) is 12.1 Å². The standard InChI is InChI=1S/C7H10NO5PS.Na/c1-13-14(9,10)8-15(11,12)7-5-3-2-4-6-7;/h2-6H,1H3,(H2,8,9,10);. The summed E-state index contributed by atoms with van der Waals surface area (Å²) in [6.45, 7) is 0. The summed E-state index contributed by atoms with van der Waals surface area (Å²) in [5.74, 6) is 0. The van der Waals surface area contributed by atoms with E-state index in [0.29, 0.717) is 0 Å². The van der Waals surface area contributed by atoms with Crippen molar-refractivity contribution in [2.24, 2.45) is 0 Å². The molecule has 0 spiro atoms. The van der Waals surface area contributed by atoms with Gasteiger partial charge in [-0.3, -0.25) is 4.52 Å². The second kappa shape index (κ2) is 6.28. The van der Waals surface area contributed by atoms with Crippen LogP contribution in [0.1, 0.15) is 0 Å². The normalized spacial score (nSPS) is 14.9. The Bertz CT molecular complexity index is 477. The zero-order valence-electron chi connectivity index (χ0n) is 8.82. The fourth-order valence-corrected chi connectivity index (χ4v) is 3.29. The number of rotatable bonds is 4. The van der Waals surface area contributed by atoms with E-state index in [1.165, 1.54) is 24.3 Å². The molecule has 0 amide bonds. The van der Waals surface area contributed by atoms with Gasteiger partial charge in [0.1, 0.15) is 0 Å². The van der Waals surface area contributed by atoms with Crippen molar-refractivity contribution in [1.29, 1.82) is 0 Å². The Kier molecular flexibility index (Phi) is 6.39. The van der Waals surface area contributed by atoms with Crippen LogP contribution in [0.15, 0.2) is 35.2 Å². The predicted molar refractivity (Wildman–Crippen MR) is 59.4 cm³/mol. The van der Waals surface area contributed by atoms with Crippen LogP contribution >= 0.6 is 7.75 Å². The number of benzene rings is 1. The van der Waals surface area contributed by atoms with Gasteiger partial charge in [-0.15, -0.1) is 4.49 Å². The molecule has 1 unspecified atom stereocenters. The third kappa shape index (κ3) is 4.65. The van der Waals surface area contributed by atoms with Crippen LogP contribution in [0.5, 0.6) is 0 Å². The third-order valence-electron chi connectivity index (χ3n) is 1.54. The first-order chi connectivity index (χ1) is 6.87. The van der Waals surface area contributed by atoms with Gasteiger partial charge < -0.3 is 4.89 Å². The Balaban J connectivity index is 0.00000225. The van der Waals surface area contributed by atoms with E-state index in [-0.39, 0.29) is 34.5 Å². The monoisotopic (exact) mass is 274 g/mol. The van der Waals surface area contributed by atoms with E-state index in [1.807, 2.05) is 0 Å². The van der Waals surface area contributed by atoms with Crippen LogP contribution in [0.25, 0.3) is 0 Å². The van der Waals surface area contributed by atoms with E-state index < -0.39 is 17.8 Å². The molecule has 0 fully saturated rings. The first-order valence-corrected chi connectivity index (χ1v) is 6.91. The van der Waals surface area contributed by atoms with Crippen molar-refractivity contribution in [1.82, 2.24) is 4.49 Å². The molecule has 1 aromatic rings. The van der Waals surface area contributed by atoms with Crippen molar-refractivity contribution < 1.29 is 22.4 Å². The molecule has 2 N–H and O–H groups in total. The van der Waals surface area contributed by atoms with Gasteiger partial charge in [0.05, 0.1) is 4.90 Å². The molecule has 0 aliphatic carbocycles. The maximum atomic E-state index is 11.5. The van der Waals surface area contributed by atoms with Crippen LogP contribution in [0, 0.1) is 0 Å². The second-order valence-corrected chi connectivity index (χ2v) is 6.23. The van der Waals surface area contributed by atoms with Crippen molar-refractivity contribution in [2.75, 3.05) is 7.11 Å². The van der Waals surface area contributed by atoms with E-state index in [1.54, 1.807) is 10.6 Å². The summed E-state index contributed by atoms with van der Waals surface area (Å²) in [5.41, 5.74) is 0. The fraction of sp³-hybridized carbons (Fsp3) is 0.143. The Morgan fingerprint density at radius 1 is 1.31 bits per heavy atom. The van der Waals surface area contributed by atoms with Crippen molar-refractivity contribution in [3.05, 3.63) is 30.3 Å². The summed E-state index contributed by atoms with van der Waals surface area (Å²) in [6.07, 6.45) is 0. The van der Waals surface area contributed by atoms with Crippen molar-refractivity contribution in [2.45, 2.75) is 4.90 Å². The molecule has 0 saturated heterocycles. The fourth-order valence-electron chi connectivity index (χ4n) is 0.841. The third-order valence-corrected chi connectivity index (χ3v) is 4.81. The van der Waals surface area contributed by atoms with E-state index in [9.17, 15) is 13.0 Å². The molecule has 1 atom stereocenters. The SMILES string of the molecule is COP(=O)(O)NS(=O)(=O)c1ccccc1.[Na]. The molecule has 1 radical (unpaired) electrons. The van der Waals surface area contributed by atoms with Gasteiger partial charge in [0.2, 0.25) is 10.0 Å². The van der Waals surface area contributed by atoms with Crippen LogP contribution in [-0.2, 0) is 19.1 Å². The van der Waals surface area contributed by atoms with Gasteiger partial charge >= 0.3 is 7.75 Å². The summed E-state index contributed by atoms with van der Waals surface area (Å²) < 4.78 is 39.7. The molecule has 16 heavy (non-hydrogen) atoms. The smallest absolute Gasteiger partial charge is 0.312 e. The maximum Gasteiger partial charge on any atom is 0.416 e. The van der Waals surface area contributed by atoms with E-state index >= 15 is 0 Å². The topological polar surface area (TPSA) is 92.7 Å². The molecule has 6 nitrogen and oxygen atoms in total. The predicted octanol–water partition coefficient (Wildman–Crippen LogP) is 0.331. The quantitative estimate of drug-likeness (QED) is 0.609. The molecule has 0 saturated carbocycles. The summed E-state index contributed by atoms with van der Waals surface area (Å²) >= 11 is 0. The Hall–Kier alpha value is 0.280. The van der Waals surface area contributed by atoms with Gasteiger partial charge in [-0.25, -0.2) is 13.0 Å². The molecular formula is C7H10NNaO5PS. The Labute approximate surface area is 116 Å². The van der Waals surface area contributed by atoms with Crippen LogP contribution < -0.4 is 4.49 Å². The van der Waals surface area contributed by atoms with Crippen LogP contribution in [-0.4, -0.2) is 50.0 Å². The molecule has 1 rings (SSSR count). The molecule has 0 aliphatic rings. The number of hydrogen-bond donors (Lipinski definition) is 2. The van der Waals surface area contributed by atoms with E-state index in [0.717, 1.165) is 7.11 Å². The first kappa shape index (κ1) is 16.3. The average molecular weight is 274 g/mol. The maximum absolute atomic E-state index is 11.5. The Morgan fingerprint density at radius 2 is 1.81 bits per heavy atom. The van der Waals surface area contributed by atoms with Gasteiger partial charge in [-0.1, -0.05) is 18.2 Å². The molecule has 1 aromatic carbocycles. The van der Waals surface area contributed by atoms with E-state index in [4.69, 9.17) is 4.89 Å². The molecule has 0 aliphatic heterocycles. The summed E-state index contributed by atoms with van der Waals surface area (Å²) in [4.78, 5) is 8.86. The van der Waals surface area contributed by atoms with Gasteiger partial charge in [0, 0.05) is 36.7 Å². The Morgan fingerprint density at radius 3 is 2.25 bits per heavy atom. The van der Waals surface area contributed by atoms with Crippen molar-refractivity contribution in [3.63, 3.8) is 0 Å². The molecule has 9 heteroatoms. The summed E-state index contributed by atoms with van der Waals surface area (Å²) in [7, 11) is -7.38. The minimum atomic E-state index is -4.30. The molecule has 0 heterocycles. The molecule has 0 bridgehead atoms. The molecule has 0 aromatic heterocycles. The van der Waals surface area contributed by atoms with Crippen LogP contribution in [0.3, 0.4) is 0 Å². The zero-order chi connectivity index (χ0) is 11.5.